The number of nitrogens with zero attached hydrogens (tertiary/aromatic N) is 1. The molecule has 0 aromatic heterocycles. The number of carbonyl (C=O) groups excluding carboxylic acids is 1. The Hall–Kier alpha value is -2.85. The van der Waals surface area contributed by atoms with E-state index in [-0.39, 0.29) is 12.5 Å². The highest BCUT2D eigenvalue weighted by Crippen LogP contribution is 2.21. The first-order valence-corrected chi connectivity index (χ1v) is 8.20. The number of nitrogens with one attached hydrogen (secondary N) is 1. The molecule has 5 heteroatoms. The lowest BCUT2D eigenvalue weighted by atomic mass is 10.1. The third-order valence-corrected chi connectivity index (χ3v) is 4.14. The summed E-state index contributed by atoms with van der Waals surface area (Å²) in [6, 6.07) is 19.2. The van der Waals surface area contributed by atoms with E-state index in [1.54, 1.807) is 24.4 Å². The van der Waals surface area contributed by atoms with E-state index in [1.807, 2.05) is 49.4 Å². The fourth-order valence-electron chi connectivity index (χ4n) is 2.42. The quantitative estimate of drug-likeness (QED) is 0.549. The van der Waals surface area contributed by atoms with Gasteiger partial charge in [-0.3, -0.25) is 4.79 Å². The molecule has 25 heavy (non-hydrogen) atoms. The van der Waals surface area contributed by atoms with E-state index in [0.29, 0.717) is 10.8 Å². The van der Waals surface area contributed by atoms with Crippen molar-refractivity contribution in [2.24, 2.45) is 5.10 Å². The second kappa shape index (κ2) is 7.81. The zero-order valence-electron chi connectivity index (χ0n) is 13.7. The van der Waals surface area contributed by atoms with Gasteiger partial charge in [-0.2, -0.15) is 5.10 Å². The number of ether oxygens (including phenoxy) is 1. The third kappa shape index (κ3) is 4.37. The van der Waals surface area contributed by atoms with Crippen molar-refractivity contribution in [3.05, 3.63) is 76.8 Å². The van der Waals surface area contributed by atoms with Gasteiger partial charge in [0.25, 0.3) is 5.91 Å². The van der Waals surface area contributed by atoms with E-state index in [4.69, 9.17) is 16.3 Å². The minimum Gasteiger partial charge on any atom is -0.484 e. The molecule has 1 amide bonds. The second-order valence-corrected chi connectivity index (χ2v) is 5.97. The summed E-state index contributed by atoms with van der Waals surface area (Å²) in [6.07, 6.45) is 1.63. The van der Waals surface area contributed by atoms with Crippen LogP contribution in [0.25, 0.3) is 10.8 Å². The maximum atomic E-state index is 11.8. The van der Waals surface area contributed by atoms with E-state index >= 15 is 0 Å². The molecule has 4 nitrogen and oxygen atoms in total. The van der Waals surface area contributed by atoms with Gasteiger partial charge in [0.2, 0.25) is 0 Å². The average molecular weight is 353 g/mol. The summed E-state index contributed by atoms with van der Waals surface area (Å²) in [6.45, 7) is 1.76. The van der Waals surface area contributed by atoms with Gasteiger partial charge in [0.05, 0.1) is 6.21 Å². The summed E-state index contributed by atoms with van der Waals surface area (Å²) in [5.74, 6) is 0.263. The number of carbonyl (C=O) groups is 1. The second-order valence-electron chi connectivity index (χ2n) is 5.56. The summed E-state index contributed by atoms with van der Waals surface area (Å²) in [5, 5.41) is 6.88. The molecule has 1 N–H and O–H groups in total. The summed E-state index contributed by atoms with van der Waals surface area (Å²) in [5.41, 5.74) is 4.31. The molecular formula is C20H17ClN2O2. The fourth-order valence-corrected chi connectivity index (χ4v) is 2.54. The van der Waals surface area contributed by atoms with Crippen LogP contribution >= 0.6 is 11.6 Å². The molecule has 0 heterocycles. The Labute approximate surface area is 151 Å². The number of aryl methyl sites for hydroxylation is 1. The van der Waals surface area contributed by atoms with E-state index in [9.17, 15) is 4.79 Å². The van der Waals surface area contributed by atoms with Crippen LogP contribution in [0, 0.1) is 6.92 Å². The molecule has 0 aliphatic heterocycles. The minimum atomic E-state index is -0.330. The molecule has 126 valence electrons. The lowest BCUT2D eigenvalue weighted by Crippen LogP contribution is -2.24. The molecule has 0 unspecified atom stereocenters. The van der Waals surface area contributed by atoms with Gasteiger partial charge in [0.15, 0.2) is 6.61 Å². The standard InChI is InChI=1S/C20H17ClN2O2/c1-14-11-17(9-10-19(14)21)25-13-20(24)23-22-12-16-7-4-6-15-5-2-3-8-18(15)16/h2-12H,13H2,1H3,(H,23,24)/b22-12-. The first-order valence-electron chi connectivity index (χ1n) is 7.82. The Balaban J connectivity index is 1.58. The number of amides is 1. The highest BCUT2D eigenvalue weighted by atomic mass is 35.5. The van der Waals surface area contributed by atoms with Crippen molar-refractivity contribution in [3.63, 3.8) is 0 Å². The lowest BCUT2D eigenvalue weighted by molar-refractivity contribution is -0.123. The van der Waals surface area contributed by atoms with Crippen LogP contribution in [0.4, 0.5) is 0 Å². The Kier molecular flexibility index (Phi) is 5.31. The van der Waals surface area contributed by atoms with Gasteiger partial charge in [-0.1, -0.05) is 54.1 Å². The largest absolute Gasteiger partial charge is 0.484 e. The summed E-state index contributed by atoms with van der Waals surface area (Å²) in [4.78, 5) is 11.8. The zero-order chi connectivity index (χ0) is 17.6. The molecule has 0 atom stereocenters. The Bertz CT molecular complexity index is 933. The average Bonchev–Trinajstić information content (AvgIpc) is 2.63. The van der Waals surface area contributed by atoms with Gasteiger partial charge in [-0.25, -0.2) is 5.43 Å². The minimum absolute atomic E-state index is 0.117. The fraction of sp³-hybridized carbons (Fsp3) is 0.100. The molecule has 3 rings (SSSR count). The van der Waals surface area contributed by atoms with Gasteiger partial charge in [-0.15, -0.1) is 0 Å². The van der Waals surface area contributed by atoms with Gasteiger partial charge in [0, 0.05) is 10.6 Å². The maximum Gasteiger partial charge on any atom is 0.277 e. The SMILES string of the molecule is Cc1cc(OCC(=O)N/N=C\c2cccc3ccccc23)ccc1Cl. The maximum absolute atomic E-state index is 11.8. The van der Waals surface area contributed by atoms with Crippen molar-refractivity contribution in [3.8, 4) is 5.75 Å². The van der Waals surface area contributed by atoms with Crippen LogP contribution in [-0.4, -0.2) is 18.7 Å². The Morgan fingerprint density at radius 3 is 2.80 bits per heavy atom. The number of benzene rings is 3. The molecule has 0 saturated heterocycles. The first-order chi connectivity index (χ1) is 12.1. The summed E-state index contributed by atoms with van der Waals surface area (Å²) >= 11 is 5.96. The first kappa shape index (κ1) is 17.0. The van der Waals surface area contributed by atoms with Gasteiger partial charge in [0.1, 0.15) is 5.75 Å². The molecule has 0 bridgehead atoms. The van der Waals surface area contributed by atoms with Crippen molar-refractivity contribution in [1.82, 2.24) is 5.43 Å². The molecular weight excluding hydrogens is 336 g/mol. The normalized spacial score (nSPS) is 11.0. The number of hydrazone groups is 1. The summed E-state index contributed by atoms with van der Waals surface area (Å²) in [7, 11) is 0. The number of rotatable bonds is 5. The number of halogens is 1. The molecule has 0 saturated carbocycles. The molecule has 0 aliphatic rings. The molecule has 3 aromatic carbocycles. The zero-order valence-corrected chi connectivity index (χ0v) is 14.5. The van der Waals surface area contributed by atoms with E-state index < -0.39 is 0 Å². The molecule has 3 aromatic rings. The van der Waals surface area contributed by atoms with Crippen molar-refractivity contribution in [2.45, 2.75) is 6.92 Å². The number of hydrogen-bond acceptors (Lipinski definition) is 3. The smallest absolute Gasteiger partial charge is 0.277 e. The predicted octanol–water partition coefficient (Wildman–Crippen LogP) is 4.33. The molecule has 0 aliphatic carbocycles. The lowest BCUT2D eigenvalue weighted by Gasteiger charge is -2.06. The van der Waals surface area contributed by atoms with E-state index in [0.717, 1.165) is 21.9 Å². The Morgan fingerprint density at radius 2 is 1.96 bits per heavy atom. The van der Waals surface area contributed by atoms with Gasteiger partial charge < -0.3 is 4.74 Å². The van der Waals surface area contributed by atoms with Crippen LogP contribution in [0.3, 0.4) is 0 Å². The topological polar surface area (TPSA) is 50.7 Å². The van der Waals surface area contributed by atoms with Crippen molar-refractivity contribution in [2.75, 3.05) is 6.61 Å². The van der Waals surface area contributed by atoms with Crippen LogP contribution in [0.2, 0.25) is 5.02 Å². The van der Waals surface area contributed by atoms with E-state index in [1.165, 1.54) is 0 Å². The van der Waals surface area contributed by atoms with Crippen molar-refractivity contribution in [1.29, 1.82) is 0 Å². The summed E-state index contributed by atoms with van der Waals surface area (Å²) < 4.78 is 5.43. The van der Waals surface area contributed by atoms with Crippen LogP contribution in [-0.2, 0) is 4.79 Å². The van der Waals surface area contributed by atoms with Gasteiger partial charge in [-0.05, 0) is 41.5 Å². The van der Waals surface area contributed by atoms with Crippen LogP contribution in [0.15, 0.2) is 65.8 Å². The Morgan fingerprint density at radius 1 is 1.16 bits per heavy atom. The van der Waals surface area contributed by atoms with E-state index in [2.05, 4.69) is 10.5 Å². The van der Waals surface area contributed by atoms with Crippen LogP contribution < -0.4 is 10.2 Å². The van der Waals surface area contributed by atoms with Crippen LogP contribution in [0.5, 0.6) is 5.75 Å². The van der Waals surface area contributed by atoms with Crippen molar-refractivity contribution < 1.29 is 9.53 Å². The number of fused-ring (bicyclic) bond motifs is 1. The molecule has 0 spiro atoms. The third-order valence-electron chi connectivity index (χ3n) is 3.72. The predicted molar refractivity (Wildman–Crippen MR) is 101 cm³/mol. The monoisotopic (exact) mass is 352 g/mol. The molecule has 0 radical (unpaired) electrons. The van der Waals surface area contributed by atoms with Gasteiger partial charge >= 0.3 is 0 Å². The van der Waals surface area contributed by atoms with Crippen LogP contribution in [0.1, 0.15) is 11.1 Å². The van der Waals surface area contributed by atoms with Crippen molar-refractivity contribution >= 4 is 34.5 Å². The molecule has 0 fully saturated rings. The highest BCUT2D eigenvalue weighted by Gasteiger charge is 2.03. The highest BCUT2D eigenvalue weighted by molar-refractivity contribution is 6.31. The number of hydrogen-bond donors (Lipinski definition) is 1.